The number of ether oxygens (including phenoxy) is 2. The highest BCUT2D eigenvalue weighted by molar-refractivity contribution is 5.80. The number of amides is 1. The van der Waals surface area contributed by atoms with Crippen molar-refractivity contribution >= 4 is 5.91 Å². The Bertz CT molecular complexity index is 287. The van der Waals surface area contributed by atoms with Crippen molar-refractivity contribution in [3.05, 3.63) is 0 Å². The van der Waals surface area contributed by atoms with Crippen molar-refractivity contribution in [2.45, 2.75) is 52.9 Å². The first kappa shape index (κ1) is 17.4. The van der Waals surface area contributed by atoms with Crippen LogP contribution < -0.4 is 5.32 Å². The van der Waals surface area contributed by atoms with E-state index in [0.717, 1.165) is 19.6 Å². The van der Waals surface area contributed by atoms with E-state index in [-0.39, 0.29) is 24.2 Å². The summed E-state index contributed by atoms with van der Waals surface area (Å²) in [7, 11) is 0. The largest absolute Gasteiger partial charge is 0.373 e. The second kappa shape index (κ2) is 8.60. The van der Waals surface area contributed by atoms with Gasteiger partial charge in [0.1, 0.15) is 6.10 Å². The molecule has 1 aliphatic rings. The minimum absolute atomic E-state index is 0.0278. The molecular weight excluding hydrogens is 256 g/mol. The van der Waals surface area contributed by atoms with E-state index in [1.807, 2.05) is 0 Å². The maximum absolute atomic E-state index is 11.8. The van der Waals surface area contributed by atoms with Gasteiger partial charge in [0.15, 0.2) is 0 Å². The monoisotopic (exact) mass is 286 g/mol. The molecule has 5 heteroatoms. The van der Waals surface area contributed by atoms with Crippen LogP contribution in [0.25, 0.3) is 0 Å². The van der Waals surface area contributed by atoms with Gasteiger partial charge in [-0.15, -0.1) is 0 Å². The minimum Gasteiger partial charge on any atom is -0.373 e. The molecule has 1 rings (SSSR count). The second-order valence-electron chi connectivity index (χ2n) is 6.18. The fourth-order valence-corrected chi connectivity index (χ4v) is 2.36. The summed E-state index contributed by atoms with van der Waals surface area (Å²) in [4.78, 5) is 14.2. The molecule has 0 aromatic rings. The lowest BCUT2D eigenvalue weighted by molar-refractivity contribution is -0.132. The molecule has 1 aliphatic heterocycles. The van der Waals surface area contributed by atoms with Crippen LogP contribution >= 0.6 is 0 Å². The molecule has 0 radical (unpaired) electrons. The molecule has 0 unspecified atom stereocenters. The summed E-state index contributed by atoms with van der Waals surface area (Å²) in [5.41, 5.74) is 0. The smallest absolute Gasteiger partial charge is 0.248 e. The average molecular weight is 286 g/mol. The summed E-state index contributed by atoms with van der Waals surface area (Å²) < 4.78 is 11.2. The molecule has 0 spiro atoms. The number of hydrogen-bond acceptors (Lipinski definition) is 4. The predicted molar refractivity (Wildman–Crippen MR) is 79.7 cm³/mol. The van der Waals surface area contributed by atoms with Crippen LogP contribution in [-0.4, -0.2) is 61.9 Å². The molecular formula is C15H30N2O3. The number of nitrogens with zero attached hydrogens (tertiary/aromatic N) is 1. The molecule has 1 N–H and O–H groups in total. The summed E-state index contributed by atoms with van der Waals surface area (Å²) in [6.45, 7) is 14.1. The van der Waals surface area contributed by atoms with Crippen LogP contribution in [-0.2, 0) is 14.3 Å². The number of nitrogens with one attached hydrogen (secondary N) is 1. The maximum atomic E-state index is 11.8. The number of rotatable bonds is 7. The Morgan fingerprint density at radius 1 is 1.30 bits per heavy atom. The maximum Gasteiger partial charge on any atom is 0.248 e. The van der Waals surface area contributed by atoms with E-state index in [4.69, 9.17) is 9.47 Å². The summed E-state index contributed by atoms with van der Waals surface area (Å²) >= 11 is 0. The van der Waals surface area contributed by atoms with Crippen LogP contribution in [0, 0.1) is 5.92 Å². The molecule has 0 bridgehead atoms. The highest BCUT2D eigenvalue weighted by atomic mass is 16.5. The van der Waals surface area contributed by atoms with Crippen molar-refractivity contribution in [1.29, 1.82) is 0 Å². The van der Waals surface area contributed by atoms with Gasteiger partial charge in [-0.25, -0.2) is 0 Å². The SMILES string of the molecule is CC(C)CO[C@H](C)C(=O)NCCN1C[C@@H](C)O[C@@H](C)C1. The Hall–Kier alpha value is -0.650. The van der Waals surface area contributed by atoms with Crippen LogP contribution in [0.15, 0.2) is 0 Å². The second-order valence-corrected chi connectivity index (χ2v) is 6.18. The molecule has 1 amide bonds. The van der Waals surface area contributed by atoms with Gasteiger partial charge in [0.05, 0.1) is 12.2 Å². The lowest BCUT2D eigenvalue weighted by Crippen LogP contribution is -2.48. The van der Waals surface area contributed by atoms with Gasteiger partial charge in [0.2, 0.25) is 5.91 Å². The zero-order chi connectivity index (χ0) is 15.1. The minimum atomic E-state index is -0.375. The van der Waals surface area contributed by atoms with Gasteiger partial charge in [0.25, 0.3) is 0 Å². The zero-order valence-electron chi connectivity index (χ0n) is 13.5. The van der Waals surface area contributed by atoms with Crippen LogP contribution in [0.2, 0.25) is 0 Å². The summed E-state index contributed by atoms with van der Waals surface area (Å²) in [6, 6.07) is 0. The molecule has 0 saturated carbocycles. The Morgan fingerprint density at radius 2 is 1.90 bits per heavy atom. The molecule has 0 aromatic heterocycles. The third-order valence-corrected chi connectivity index (χ3v) is 3.27. The van der Waals surface area contributed by atoms with Crippen LogP contribution in [0.3, 0.4) is 0 Å². The lowest BCUT2D eigenvalue weighted by Gasteiger charge is -2.35. The first-order valence-electron chi connectivity index (χ1n) is 7.65. The Kier molecular flexibility index (Phi) is 7.48. The first-order chi connectivity index (χ1) is 9.38. The third kappa shape index (κ3) is 6.68. The highest BCUT2D eigenvalue weighted by Gasteiger charge is 2.22. The van der Waals surface area contributed by atoms with Crippen molar-refractivity contribution in [1.82, 2.24) is 10.2 Å². The van der Waals surface area contributed by atoms with Crippen molar-refractivity contribution < 1.29 is 14.3 Å². The number of carbonyl (C=O) groups excluding carboxylic acids is 1. The number of hydrogen-bond donors (Lipinski definition) is 1. The van der Waals surface area contributed by atoms with E-state index in [1.165, 1.54) is 0 Å². The molecule has 0 aliphatic carbocycles. The molecule has 1 saturated heterocycles. The number of morpholine rings is 1. The topological polar surface area (TPSA) is 50.8 Å². The predicted octanol–water partition coefficient (Wildman–Crippen LogP) is 1.27. The van der Waals surface area contributed by atoms with E-state index in [9.17, 15) is 4.79 Å². The molecule has 5 nitrogen and oxygen atoms in total. The van der Waals surface area contributed by atoms with Crippen LogP contribution in [0.1, 0.15) is 34.6 Å². The van der Waals surface area contributed by atoms with Crippen LogP contribution in [0.5, 0.6) is 0 Å². The van der Waals surface area contributed by atoms with E-state index in [2.05, 4.69) is 37.9 Å². The van der Waals surface area contributed by atoms with Crippen LogP contribution in [0.4, 0.5) is 0 Å². The summed E-state index contributed by atoms with van der Waals surface area (Å²) in [5.74, 6) is 0.418. The van der Waals surface area contributed by atoms with Gasteiger partial charge < -0.3 is 14.8 Å². The Labute approximate surface area is 123 Å². The van der Waals surface area contributed by atoms with E-state index < -0.39 is 0 Å². The van der Waals surface area contributed by atoms with Gasteiger partial charge >= 0.3 is 0 Å². The normalized spacial score (nSPS) is 25.7. The standard InChI is InChI=1S/C15H30N2O3/c1-11(2)10-19-14(5)15(18)16-6-7-17-8-12(3)20-13(4)9-17/h11-14H,6-10H2,1-5H3,(H,16,18)/t12-,13+,14-/m1/s1. The number of carbonyl (C=O) groups is 1. The molecule has 0 aromatic carbocycles. The highest BCUT2D eigenvalue weighted by Crippen LogP contribution is 2.09. The molecule has 20 heavy (non-hydrogen) atoms. The fraction of sp³-hybridized carbons (Fsp3) is 0.933. The Balaban J connectivity index is 2.18. The van der Waals surface area contributed by atoms with E-state index >= 15 is 0 Å². The zero-order valence-corrected chi connectivity index (χ0v) is 13.5. The van der Waals surface area contributed by atoms with Gasteiger partial charge in [-0.05, 0) is 26.7 Å². The molecule has 118 valence electrons. The first-order valence-corrected chi connectivity index (χ1v) is 7.65. The van der Waals surface area contributed by atoms with Crippen molar-refractivity contribution in [3.63, 3.8) is 0 Å². The fourth-order valence-electron chi connectivity index (χ4n) is 2.36. The van der Waals surface area contributed by atoms with E-state index in [1.54, 1.807) is 6.92 Å². The molecule has 1 heterocycles. The quantitative estimate of drug-likeness (QED) is 0.766. The van der Waals surface area contributed by atoms with Crippen molar-refractivity contribution in [2.75, 3.05) is 32.8 Å². The van der Waals surface area contributed by atoms with Gasteiger partial charge in [0, 0.05) is 32.8 Å². The molecule has 3 atom stereocenters. The summed E-state index contributed by atoms with van der Waals surface area (Å²) in [5, 5.41) is 2.94. The lowest BCUT2D eigenvalue weighted by atomic mass is 10.2. The van der Waals surface area contributed by atoms with Crippen molar-refractivity contribution in [2.24, 2.45) is 5.92 Å². The van der Waals surface area contributed by atoms with Gasteiger partial charge in [-0.3, -0.25) is 9.69 Å². The summed E-state index contributed by atoms with van der Waals surface area (Å²) in [6.07, 6.45) is 0.158. The van der Waals surface area contributed by atoms with Gasteiger partial charge in [-0.2, -0.15) is 0 Å². The van der Waals surface area contributed by atoms with Gasteiger partial charge in [-0.1, -0.05) is 13.8 Å². The Morgan fingerprint density at radius 3 is 2.45 bits per heavy atom. The average Bonchev–Trinajstić information content (AvgIpc) is 2.34. The molecule has 1 fully saturated rings. The van der Waals surface area contributed by atoms with Crippen molar-refractivity contribution in [3.8, 4) is 0 Å². The van der Waals surface area contributed by atoms with E-state index in [0.29, 0.717) is 19.1 Å². The third-order valence-electron chi connectivity index (χ3n) is 3.27.